The van der Waals surface area contributed by atoms with Crippen LogP contribution in [-0.4, -0.2) is 18.3 Å². The Balaban J connectivity index is 2.03. The van der Waals surface area contributed by atoms with Crippen molar-refractivity contribution < 1.29 is 9.53 Å². The van der Waals surface area contributed by atoms with Crippen LogP contribution in [0.2, 0.25) is 0 Å². The molecule has 1 aliphatic heterocycles. The first kappa shape index (κ1) is 8.97. The Labute approximate surface area is 72.1 Å². The van der Waals surface area contributed by atoms with E-state index >= 15 is 0 Å². The molecule has 12 heavy (non-hydrogen) atoms. The number of hydrogen-bond donors (Lipinski definition) is 0. The molecule has 0 N–H and O–H groups in total. The number of carbonyl (C=O) groups is 1. The summed E-state index contributed by atoms with van der Waals surface area (Å²) in [6.45, 7) is 2.63. The standard InChI is InChI=1S/C9H13NO2/c1-2-3-4-7-12-9(11)8-5-6-10-8/h5-6H,2-4,7H2,1H3. The van der Waals surface area contributed by atoms with E-state index in [4.69, 9.17) is 4.74 Å². The van der Waals surface area contributed by atoms with Gasteiger partial charge in [-0.1, -0.05) is 19.8 Å². The Bertz CT molecular complexity index is 219. The third-order valence-corrected chi connectivity index (χ3v) is 1.64. The summed E-state index contributed by atoms with van der Waals surface area (Å²) < 4.78 is 4.93. The summed E-state index contributed by atoms with van der Waals surface area (Å²) >= 11 is 0. The Morgan fingerprint density at radius 1 is 1.58 bits per heavy atom. The van der Waals surface area contributed by atoms with Gasteiger partial charge in [-0.2, -0.15) is 0 Å². The lowest BCUT2D eigenvalue weighted by Crippen LogP contribution is -2.18. The second-order valence-electron chi connectivity index (χ2n) is 2.67. The average molecular weight is 167 g/mol. The monoisotopic (exact) mass is 167 g/mol. The van der Waals surface area contributed by atoms with Crippen molar-refractivity contribution in [3.05, 3.63) is 12.3 Å². The summed E-state index contributed by atoms with van der Waals surface area (Å²) in [5.74, 6) is -0.298. The van der Waals surface area contributed by atoms with Crippen LogP contribution in [0.15, 0.2) is 17.3 Å². The second-order valence-corrected chi connectivity index (χ2v) is 2.67. The van der Waals surface area contributed by atoms with Crippen molar-refractivity contribution in [3.8, 4) is 0 Å². The fourth-order valence-electron chi connectivity index (χ4n) is 0.861. The van der Waals surface area contributed by atoms with Crippen LogP contribution in [0.4, 0.5) is 0 Å². The molecule has 3 nitrogen and oxygen atoms in total. The van der Waals surface area contributed by atoms with Crippen LogP contribution in [0.3, 0.4) is 0 Å². The molecular formula is C9H13NO2. The fraction of sp³-hybridized carbons (Fsp3) is 0.556. The maximum Gasteiger partial charge on any atom is 0.356 e. The molecule has 0 unspecified atom stereocenters. The van der Waals surface area contributed by atoms with Crippen molar-refractivity contribution in [2.24, 2.45) is 4.99 Å². The summed E-state index contributed by atoms with van der Waals surface area (Å²) in [4.78, 5) is 14.7. The molecule has 1 heterocycles. The minimum atomic E-state index is -0.298. The molecule has 66 valence electrons. The van der Waals surface area contributed by atoms with Gasteiger partial charge in [0, 0.05) is 6.20 Å². The van der Waals surface area contributed by atoms with Crippen molar-refractivity contribution in [2.75, 3.05) is 6.61 Å². The van der Waals surface area contributed by atoms with Crippen molar-refractivity contribution in [1.82, 2.24) is 0 Å². The summed E-state index contributed by atoms with van der Waals surface area (Å²) in [5.41, 5.74) is 0.437. The smallest absolute Gasteiger partial charge is 0.356 e. The Kier molecular flexibility index (Phi) is 3.51. The largest absolute Gasteiger partial charge is 0.461 e. The van der Waals surface area contributed by atoms with Crippen molar-refractivity contribution in [3.63, 3.8) is 0 Å². The molecule has 3 heteroatoms. The minimum absolute atomic E-state index is 0.298. The van der Waals surface area contributed by atoms with Crippen LogP contribution >= 0.6 is 0 Å². The normalized spacial score (nSPS) is 13.6. The number of ether oxygens (including phenoxy) is 1. The van der Waals surface area contributed by atoms with Crippen LogP contribution < -0.4 is 0 Å². The SMILES string of the molecule is CCCCCOC(=O)C1=NC=C1. The van der Waals surface area contributed by atoms with Crippen molar-refractivity contribution >= 4 is 11.7 Å². The molecular weight excluding hydrogens is 154 g/mol. The molecule has 0 aromatic carbocycles. The zero-order valence-corrected chi connectivity index (χ0v) is 7.25. The zero-order valence-electron chi connectivity index (χ0n) is 7.25. The first-order valence-corrected chi connectivity index (χ1v) is 4.26. The van der Waals surface area contributed by atoms with Crippen LogP contribution in [0.25, 0.3) is 0 Å². The summed E-state index contributed by atoms with van der Waals surface area (Å²) in [6.07, 6.45) is 6.43. The minimum Gasteiger partial charge on any atom is -0.461 e. The van der Waals surface area contributed by atoms with Gasteiger partial charge in [-0.3, -0.25) is 0 Å². The molecule has 1 rings (SSSR count). The average Bonchev–Trinajstić information content (AvgIpc) is 1.95. The predicted molar refractivity (Wildman–Crippen MR) is 47.1 cm³/mol. The molecule has 0 spiro atoms. The molecule has 0 aromatic heterocycles. The molecule has 0 fully saturated rings. The number of carbonyl (C=O) groups excluding carboxylic acids is 1. The van der Waals surface area contributed by atoms with Crippen LogP contribution in [0.1, 0.15) is 26.2 Å². The zero-order chi connectivity index (χ0) is 8.81. The number of unbranched alkanes of at least 4 members (excludes halogenated alkanes) is 2. The highest BCUT2D eigenvalue weighted by Crippen LogP contribution is 2.00. The van der Waals surface area contributed by atoms with Gasteiger partial charge in [-0.05, 0) is 12.5 Å². The molecule has 0 aliphatic carbocycles. The van der Waals surface area contributed by atoms with Crippen molar-refractivity contribution in [1.29, 1.82) is 0 Å². The van der Waals surface area contributed by atoms with Gasteiger partial charge in [0.2, 0.25) is 0 Å². The Hall–Kier alpha value is -1.12. The van der Waals surface area contributed by atoms with Crippen LogP contribution in [-0.2, 0) is 9.53 Å². The predicted octanol–water partition coefficient (Wildman–Crippen LogP) is 1.69. The highest BCUT2D eigenvalue weighted by molar-refractivity contribution is 6.43. The van der Waals surface area contributed by atoms with E-state index in [2.05, 4.69) is 11.9 Å². The molecule has 0 radical (unpaired) electrons. The molecule has 0 saturated heterocycles. The van der Waals surface area contributed by atoms with Gasteiger partial charge in [-0.25, -0.2) is 9.79 Å². The molecule has 0 aromatic rings. The van der Waals surface area contributed by atoms with E-state index in [9.17, 15) is 4.79 Å². The molecule has 0 atom stereocenters. The number of aliphatic imine (C=N–C) groups is 1. The lowest BCUT2D eigenvalue weighted by Gasteiger charge is -2.05. The third-order valence-electron chi connectivity index (χ3n) is 1.64. The van der Waals surface area contributed by atoms with Gasteiger partial charge in [0.1, 0.15) is 5.71 Å². The third kappa shape index (κ3) is 2.49. The van der Waals surface area contributed by atoms with E-state index in [1.807, 2.05) is 0 Å². The molecule has 0 amide bonds. The number of hydrogen-bond acceptors (Lipinski definition) is 3. The van der Waals surface area contributed by atoms with Gasteiger partial charge in [-0.15, -0.1) is 0 Å². The summed E-state index contributed by atoms with van der Waals surface area (Å²) in [6, 6.07) is 0. The lowest BCUT2D eigenvalue weighted by atomic mass is 10.2. The summed E-state index contributed by atoms with van der Waals surface area (Å²) in [7, 11) is 0. The van der Waals surface area contributed by atoms with Crippen LogP contribution in [0.5, 0.6) is 0 Å². The molecule has 0 saturated carbocycles. The second kappa shape index (κ2) is 4.70. The van der Waals surface area contributed by atoms with E-state index in [0.29, 0.717) is 12.3 Å². The number of esters is 1. The lowest BCUT2D eigenvalue weighted by molar-refractivity contribution is -0.135. The van der Waals surface area contributed by atoms with Gasteiger partial charge in [0.05, 0.1) is 6.61 Å². The van der Waals surface area contributed by atoms with E-state index in [1.165, 1.54) is 0 Å². The molecule has 1 aliphatic rings. The Morgan fingerprint density at radius 3 is 2.83 bits per heavy atom. The van der Waals surface area contributed by atoms with Gasteiger partial charge in [0.15, 0.2) is 0 Å². The van der Waals surface area contributed by atoms with E-state index < -0.39 is 0 Å². The van der Waals surface area contributed by atoms with Crippen LogP contribution in [0, 0.1) is 0 Å². The van der Waals surface area contributed by atoms with Gasteiger partial charge in [0.25, 0.3) is 0 Å². The van der Waals surface area contributed by atoms with Crippen molar-refractivity contribution in [2.45, 2.75) is 26.2 Å². The number of rotatable bonds is 5. The first-order valence-electron chi connectivity index (χ1n) is 4.26. The fourth-order valence-corrected chi connectivity index (χ4v) is 0.861. The van der Waals surface area contributed by atoms with E-state index in [-0.39, 0.29) is 5.97 Å². The molecule has 0 bridgehead atoms. The highest BCUT2D eigenvalue weighted by Gasteiger charge is 2.12. The topological polar surface area (TPSA) is 38.7 Å². The highest BCUT2D eigenvalue weighted by atomic mass is 16.5. The number of nitrogens with zero attached hydrogens (tertiary/aromatic N) is 1. The van der Waals surface area contributed by atoms with Gasteiger partial charge < -0.3 is 4.74 Å². The Morgan fingerprint density at radius 2 is 2.33 bits per heavy atom. The van der Waals surface area contributed by atoms with E-state index in [0.717, 1.165) is 19.3 Å². The van der Waals surface area contributed by atoms with Gasteiger partial charge >= 0.3 is 5.97 Å². The maximum absolute atomic E-state index is 11.0. The van der Waals surface area contributed by atoms with E-state index in [1.54, 1.807) is 12.3 Å². The quantitative estimate of drug-likeness (QED) is 0.461. The maximum atomic E-state index is 11.0. The summed E-state index contributed by atoms with van der Waals surface area (Å²) in [5, 5.41) is 0. The first-order chi connectivity index (χ1) is 5.84.